The standard InChI is InChI=1S/C12H19N.FH/c1-2-3-4-8-11-13-12-9-6-5-7-10-12;/h5-7,9-10,13H,2-4,8,11H2,1H3;1H. The van der Waals surface area contributed by atoms with Crippen LogP contribution in [-0.2, 0) is 0 Å². The summed E-state index contributed by atoms with van der Waals surface area (Å²) in [5, 5.41) is 3.40. The second-order valence-corrected chi connectivity index (χ2v) is 3.35. The quantitative estimate of drug-likeness (QED) is 0.683. The highest BCUT2D eigenvalue weighted by atomic mass is 19.0. The Morgan fingerprint density at radius 2 is 1.71 bits per heavy atom. The van der Waals surface area contributed by atoms with Gasteiger partial charge in [0, 0.05) is 12.2 Å². The van der Waals surface area contributed by atoms with Gasteiger partial charge in [-0.1, -0.05) is 44.4 Å². The zero-order valence-electron chi connectivity index (χ0n) is 8.83. The van der Waals surface area contributed by atoms with Gasteiger partial charge in [0.05, 0.1) is 0 Å². The van der Waals surface area contributed by atoms with Gasteiger partial charge in [-0.25, -0.2) is 0 Å². The summed E-state index contributed by atoms with van der Waals surface area (Å²) >= 11 is 0. The summed E-state index contributed by atoms with van der Waals surface area (Å²) in [6.07, 6.45) is 5.29. The number of unbranched alkanes of at least 4 members (excludes halogenated alkanes) is 3. The molecule has 0 bridgehead atoms. The fourth-order valence-corrected chi connectivity index (χ4v) is 1.34. The van der Waals surface area contributed by atoms with Crippen molar-refractivity contribution in [3.8, 4) is 0 Å². The maximum atomic E-state index is 3.40. The predicted molar refractivity (Wildman–Crippen MR) is 61.6 cm³/mol. The number of para-hydroxylation sites is 1. The molecule has 0 aliphatic carbocycles. The highest BCUT2D eigenvalue weighted by Gasteiger charge is 1.89. The van der Waals surface area contributed by atoms with Gasteiger partial charge in [-0.3, -0.25) is 4.70 Å². The van der Waals surface area contributed by atoms with E-state index < -0.39 is 0 Å². The summed E-state index contributed by atoms with van der Waals surface area (Å²) in [5.74, 6) is 0. The van der Waals surface area contributed by atoms with E-state index in [1.807, 2.05) is 6.07 Å². The van der Waals surface area contributed by atoms with Crippen molar-refractivity contribution < 1.29 is 4.70 Å². The molecular formula is C12H20FN. The molecule has 1 rings (SSSR count). The Kier molecular flexibility index (Phi) is 7.90. The molecule has 80 valence electrons. The maximum absolute atomic E-state index is 3.40. The summed E-state index contributed by atoms with van der Waals surface area (Å²) in [6.45, 7) is 3.34. The molecule has 0 aliphatic rings. The van der Waals surface area contributed by atoms with Gasteiger partial charge >= 0.3 is 0 Å². The minimum absolute atomic E-state index is 0. The van der Waals surface area contributed by atoms with Crippen molar-refractivity contribution in [2.45, 2.75) is 32.6 Å². The molecule has 14 heavy (non-hydrogen) atoms. The Morgan fingerprint density at radius 3 is 2.36 bits per heavy atom. The van der Waals surface area contributed by atoms with E-state index in [0.717, 1.165) is 6.54 Å². The first kappa shape index (κ1) is 12.9. The Bertz CT molecular complexity index is 211. The van der Waals surface area contributed by atoms with E-state index in [0.29, 0.717) is 0 Å². The summed E-state index contributed by atoms with van der Waals surface area (Å²) in [6, 6.07) is 10.4. The average molecular weight is 197 g/mol. The fraction of sp³-hybridized carbons (Fsp3) is 0.500. The largest absolute Gasteiger partial charge is 0.385 e. The predicted octanol–water partition coefficient (Wildman–Crippen LogP) is 3.83. The lowest BCUT2D eigenvalue weighted by molar-refractivity contribution is 0.685. The van der Waals surface area contributed by atoms with Crippen LogP contribution in [0.1, 0.15) is 32.6 Å². The smallest absolute Gasteiger partial charge is 0.0340 e. The van der Waals surface area contributed by atoms with E-state index >= 15 is 0 Å². The van der Waals surface area contributed by atoms with Gasteiger partial charge in [-0.2, -0.15) is 0 Å². The van der Waals surface area contributed by atoms with Crippen molar-refractivity contribution in [1.29, 1.82) is 0 Å². The second kappa shape index (κ2) is 8.54. The summed E-state index contributed by atoms with van der Waals surface area (Å²) < 4.78 is 0. The first-order valence-electron chi connectivity index (χ1n) is 5.22. The minimum atomic E-state index is 0. The Labute approximate surface area is 85.9 Å². The molecule has 1 nitrogen and oxygen atoms in total. The number of rotatable bonds is 6. The molecule has 0 atom stereocenters. The fourth-order valence-electron chi connectivity index (χ4n) is 1.34. The third kappa shape index (κ3) is 5.57. The molecule has 1 aromatic carbocycles. The zero-order chi connectivity index (χ0) is 9.36. The Morgan fingerprint density at radius 1 is 1.00 bits per heavy atom. The van der Waals surface area contributed by atoms with Crippen LogP contribution >= 0.6 is 0 Å². The zero-order valence-corrected chi connectivity index (χ0v) is 8.83. The number of halogens is 1. The molecule has 0 saturated carbocycles. The number of nitrogens with one attached hydrogen (secondary N) is 1. The van der Waals surface area contributed by atoms with Crippen LogP contribution < -0.4 is 5.32 Å². The molecular weight excluding hydrogens is 177 g/mol. The van der Waals surface area contributed by atoms with Crippen molar-refractivity contribution in [3.05, 3.63) is 30.3 Å². The highest BCUT2D eigenvalue weighted by molar-refractivity contribution is 5.42. The van der Waals surface area contributed by atoms with Gasteiger partial charge in [-0.15, -0.1) is 0 Å². The van der Waals surface area contributed by atoms with Crippen LogP contribution in [0.15, 0.2) is 30.3 Å². The number of anilines is 1. The van der Waals surface area contributed by atoms with Crippen molar-refractivity contribution >= 4 is 5.69 Å². The normalized spacial score (nSPS) is 9.21. The molecule has 0 aliphatic heterocycles. The molecule has 0 heterocycles. The average Bonchev–Trinajstić information content (AvgIpc) is 2.19. The molecule has 0 saturated heterocycles. The van der Waals surface area contributed by atoms with E-state index in [2.05, 4.69) is 36.5 Å². The van der Waals surface area contributed by atoms with Crippen molar-refractivity contribution in [2.75, 3.05) is 11.9 Å². The third-order valence-corrected chi connectivity index (χ3v) is 2.13. The maximum Gasteiger partial charge on any atom is 0.0340 e. The van der Waals surface area contributed by atoms with Gasteiger partial charge in [0.15, 0.2) is 0 Å². The first-order chi connectivity index (χ1) is 6.43. The van der Waals surface area contributed by atoms with Crippen molar-refractivity contribution in [3.63, 3.8) is 0 Å². The van der Waals surface area contributed by atoms with Crippen LogP contribution in [0.5, 0.6) is 0 Å². The Hall–Kier alpha value is -1.05. The molecule has 1 aromatic rings. The Balaban J connectivity index is 0.00000169. The molecule has 0 radical (unpaired) electrons. The van der Waals surface area contributed by atoms with Gasteiger partial charge < -0.3 is 5.32 Å². The lowest BCUT2D eigenvalue weighted by atomic mass is 10.2. The van der Waals surface area contributed by atoms with Crippen LogP contribution in [-0.4, -0.2) is 6.54 Å². The minimum Gasteiger partial charge on any atom is -0.385 e. The van der Waals surface area contributed by atoms with E-state index in [1.54, 1.807) is 0 Å². The van der Waals surface area contributed by atoms with Crippen LogP contribution in [0, 0.1) is 0 Å². The molecule has 2 heteroatoms. The van der Waals surface area contributed by atoms with Crippen LogP contribution in [0.3, 0.4) is 0 Å². The van der Waals surface area contributed by atoms with Gasteiger partial charge in [-0.05, 0) is 18.6 Å². The molecule has 0 amide bonds. The van der Waals surface area contributed by atoms with Gasteiger partial charge in [0.2, 0.25) is 0 Å². The van der Waals surface area contributed by atoms with Crippen molar-refractivity contribution in [2.24, 2.45) is 0 Å². The molecule has 0 fully saturated rings. The summed E-state index contributed by atoms with van der Waals surface area (Å²) in [5.41, 5.74) is 1.24. The second-order valence-electron chi connectivity index (χ2n) is 3.35. The molecule has 0 aromatic heterocycles. The van der Waals surface area contributed by atoms with Gasteiger partial charge in [0.1, 0.15) is 0 Å². The van der Waals surface area contributed by atoms with E-state index in [1.165, 1.54) is 31.4 Å². The summed E-state index contributed by atoms with van der Waals surface area (Å²) in [4.78, 5) is 0. The topological polar surface area (TPSA) is 12.0 Å². The number of hydrogen-bond donors (Lipinski definition) is 1. The van der Waals surface area contributed by atoms with Crippen LogP contribution in [0.4, 0.5) is 10.4 Å². The van der Waals surface area contributed by atoms with Crippen LogP contribution in [0.2, 0.25) is 0 Å². The van der Waals surface area contributed by atoms with E-state index in [4.69, 9.17) is 0 Å². The SMILES string of the molecule is CCCCCCNc1ccccc1.F. The number of benzene rings is 1. The third-order valence-electron chi connectivity index (χ3n) is 2.13. The lowest BCUT2D eigenvalue weighted by Gasteiger charge is -2.04. The first-order valence-corrected chi connectivity index (χ1v) is 5.22. The molecule has 0 unspecified atom stereocenters. The highest BCUT2D eigenvalue weighted by Crippen LogP contribution is 2.05. The van der Waals surface area contributed by atoms with E-state index in [9.17, 15) is 0 Å². The monoisotopic (exact) mass is 197 g/mol. The lowest BCUT2D eigenvalue weighted by Crippen LogP contribution is -2.00. The molecule has 1 N–H and O–H groups in total. The van der Waals surface area contributed by atoms with Gasteiger partial charge in [0.25, 0.3) is 0 Å². The number of hydrogen-bond acceptors (Lipinski definition) is 1. The van der Waals surface area contributed by atoms with Crippen LogP contribution in [0.25, 0.3) is 0 Å². The van der Waals surface area contributed by atoms with Crippen molar-refractivity contribution in [1.82, 2.24) is 0 Å². The van der Waals surface area contributed by atoms with E-state index in [-0.39, 0.29) is 4.70 Å². The molecule has 0 spiro atoms. The summed E-state index contributed by atoms with van der Waals surface area (Å²) in [7, 11) is 0.